The molecule has 5 heterocycles. The molecule has 0 aliphatic carbocycles. The quantitative estimate of drug-likeness (QED) is 0.0940. The Balaban J connectivity index is 0.843. The Morgan fingerprint density at radius 1 is 0.922 bits per heavy atom. The van der Waals surface area contributed by atoms with Crippen molar-refractivity contribution in [3.63, 3.8) is 0 Å². The Morgan fingerprint density at radius 2 is 1.64 bits per heavy atom. The van der Waals surface area contributed by atoms with E-state index in [9.17, 15) is 32.4 Å². The number of amides is 3. The first kappa shape index (κ1) is 45.1. The molecule has 0 saturated carbocycles. The van der Waals surface area contributed by atoms with Crippen molar-refractivity contribution in [3.8, 4) is 16.2 Å². The summed E-state index contributed by atoms with van der Waals surface area (Å²) in [7, 11) is -3.76. The van der Waals surface area contributed by atoms with E-state index in [1.165, 1.54) is 15.9 Å². The normalized spacial score (nSPS) is 19.9. The second-order valence-corrected chi connectivity index (χ2v) is 20.4. The number of hydrogen-bond acceptors (Lipinski definition) is 11. The Morgan fingerprint density at radius 3 is 2.36 bits per heavy atom. The number of likely N-dealkylation sites (tertiary alicyclic amines) is 1. The molecular formula is C45H50ClN7O9S2. The van der Waals surface area contributed by atoms with Crippen LogP contribution in [0, 0.1) is 0 Å². The molecule has 0 spiro atoms. The van der Waals surface area contributed by atoms with Gasteiger partial charge in [-0.1, -0.05) is 48.0 Å². The van der Waals surface area contributed by atoms with E-state index in [1.807, 2.05) is 67.3 Å². The maximum absolute atomic E-state index is 14.0. The van der Waals surface area contributed by atoms with Gasteiger partial charge in [-0.2, -0.15) is 4.31 Å². The number of para-hydroxylation sites is 2. The van der Waals surface area contributed by atoms with Gasteiger partial charge in [0.15, 0.2) is 6.61 Å². The zero-order chi connectivity index (χ0) is 45.3. The van der Waals surface area contributed by atoms with Gasteiger partial charge in [0, 0.05) is 60.4 Å². The van der Waals surface area contributed by atoms with Crippen molar-refractivity contribution < 1.29 is 37.4 Å². The van der Waals surface area contributed by atoms with Gasteiger partial charge >= 0.3 is 11.7 Å². The number of sulfonamides is 1. The minimum atomic E-state index is -3.76. The summed E-state index contributed by atoms with van der Waals surface area (Å²) in [5.41, 5.74) is 3.12. The standard InChI is InChI=1S/C45H50ClN7O9S2/c1-45(2)23-32(47-31-10-6-8-29(22-31)42-41(46)37(26-63-42)62-25-40(56)57)15-20-51(45)64(60,61)27-28-7-5-9-30(21-28)48-39(55)24-50-18-16-33(17-19-50)52-34-11-3-4-12-35(34)53(44(52)59)36-13-14-38(54)49-43(36)58/h3-12,21-22,26,32-33,36,47H,13-20,23-25,27H2,1-2H3,(H,48,55)(H,56,57)(H,49,54,58)/t32-,36?/m0/s1. The maximum atomic E-state index is 14.0. The zero-order valence-electron chi connectivity index (χ0n) is 35.4. The number of benzene rings is 3. The van der Waals surface area contributed by atoms with Crippen molar-refractivity contribution in [2.45, 2.75) is 81.8 Å². The molecule has 3 saturated heterocycles. The van der Waals surface area contributed by atoms with Crippen LogP contribution >= 0.6 is 22.9 Å². The number of carbonyl (C=O) groups excluding carboxylic acids is 3. The van der Waals surface area contributed by atoms with Crippen molar-refractivity contribution >= 4 is 79.1 Å². The van der Waals surface area contributed by atoms with Crippen molar-refractivity contribution in [2.75, 3.05) is 43.4 Å². The summed E-state index contributed by atoms with van der Waals surface area (Å²) in [6.07, 6.45) is 2.78. The molecule has 1 unspecified atom stereocenters. The van der Waals surface area contributed by atoms with E-state index < -0.39 is 40.1 Å². The highest BCUT2D eigenvalue weighted by Crippen LogP contribution is 2.42. The van der Waals surface area contributed by atoms with Crippen LogP contribution in [0.1, 0.15) is 70.0 Å². The Labute approximate surface area is 379 Å². The van der Waals surface area contributed by atoms with Crippen LogP contribution in [0.5, 0.6) is 5.75 Å². The monoisotopic (exact) mass is 931 g/mol. The summed E-state index contributed by atoms with van der Waals surface area (Å²) in [4.78, 5) is 65.5. The van der Waals surface area contributed by atoms with Crippen LogP contribution in [0.2, 0.25) is 5.02 Å². The molecule has 64 heavy (non-hydrogen) atoms. The lowest BCUT2D eigenvalue weighted by atomic mass is 9.89. The average molecular weight is 933 g/mol. The van der Waals surface area contributed by atoms with Gasteiger partial charge in [-0.15, -0.1) is 11.3 Å². The molecule has 2 aromatic heterocycles. The van der Waals surface area contributed by atoms with Gasteiger partial charge in [-0.25, -0.2) is 18.0 Å². The molecular weight excluding hydrogens is 882 g/mol. The topological polar surface area (TPSA) is 201 Å². The first-order valence-corrected chi connectivity index (χ1v) is 24.1. The minimum absolute atomic E-state index is 0.0101. The van der Waals surface area contributed by atoms with Gasteiger partial charge in [0.25, 0.3) is 0 Å². The molecule has 4 N–H and O–H groups in total. The number of imide groups is 1. The van der Waals surface area contributed by atoms with Crippen LogP contribution < -0.4 is 26.4 Å². The number of thiophene rings is 1. The molecule has 3 fully saturated rings. The molecule has 3 aliphatic rings. The fraction of sp³-hybridized carbons (Fsp3) is 0.400. The summed E-state index contributed by atoms with van der Waals surface area (Å²) in [5, 5.41) is 19.9. The SMILES string of the molecule is CC1(C)C[C@@H](Nc2cccc(-c3scc(OCC(=O)O)c3Cl)c2)CCN1S(=O)(=O)Cc1cccc(NC(=O)CN2CCC(n3c(=O)n(C4CCC(=O)NC4=O)c4ccccc43)CC2)c1. The molecule has 2 atom stereocenters. The fourth-order valence-electron chi connectivity index (χ4n) is 9.31. The lowest BCUT2D eigenvalue weighted by Crippen LogP contribution is -2.55. The number of fused-ring (bicyclic) bond motifs is 1. The van der Waals surface area contributed by atoms with E-state index in [0.717, 1.165) is 21.6 Å². The number of anilines is 2. The van der Waals surface area contributed by atoms with Crippen LogP contribution in [0.25, 0.3) is 21.5 Å². The number of halogens is 1. The van der Waals surface area contributed by atoms with E-state index >= 15 is 0 Å². The third-order valence-corrected chi connectivity index (χ3v) is 15.7. The number of carboxylic acid groups (broad SMARTS) is 1. The van der Waals surface area contributed by atoms with E-state index in [1.54, 1.807) is 38.5 Å². The fourth-order valence-corrected chi connectivity index (χ4v) is 12.6. The van der Waals surface area contributed by atoms with Crippen molar-refractivity contribution in [1.82, 2.24) is 23.7 Å². The second-order valence-electron chi connectivity index (χ2n) is 17.2. The van der Waals surface area contributed by atoms with E-state index in [0.29, 0.717) is 72.9 Å². The van der Waals surface area contributed by atoms with Gasteiger partial charge in [0.2, 0.25) is 27.7 Å². The zero-order valence-corrected chi connectivity index (χ0v) is 37.8. The number of carboxylic acids is 1. The third-order valence-electron chi connectivity index (χ3n) is 12.2. The number of carbonyl (C=O) groups is 4. The van der Waals surface area contributed by atoms with Crippen LogP contribution in [0.4, 0.5) is 11.4 Å². The molecule has 19 heteroatoms. The molecule has 0 radical (unpaired) electrons. The largest absolute Gasteiger partial charge is 0.479 e. The summed E-state index contributed by atoms with van der Waals surface area (Å²) in [6, 6.07) is 21.1. The maximum Gasteiger partial charge on any atom is 0.341 e. The van der Waals surface area contributed by atoms with Crippen LogP contribution in [0.3, 0.4) is 0 Å². The number of aromatic nitrogens is 2. The summed E-state index contributed by atoms with van der Waals surface area (Å²) >= 11 is 7.89. The van der Waals surface area contributed by atoms with Crippen LogP contribution in [-0.2, 0) is 35.0 Å². The molecule has 16 nitrogen and oxygen atoms in total. The van der Waals surface area contributed by atoms with Gasteiger partial charge in [0.05, 0.1) is 28.2 Å². The smallest absolute Gasteiger partial charge is 0.341 e. The van der Waals surface area contributed by atoms with Crippen LogP contribution in [0.15, 0.2) is 83.0 Å². The van der Waals surface area contributed by atoms with Gasteiger partial charge < -0.3 is 20.5 Å². The lowest BCUT2D eigenvalue weighted by molar-refractivity contribution is -0.139. The van der Waals surface area contributed by atoms with Gasteiger partial charge in [-0.3, -0.25) is 33.7 Å². The van der Waals surface area contributed by atoms with E-state index in [-0.39, 0.29) is 54.7 Å². The third kappa shape index (κ3) is 9.75. The van der Waals surface area contributed by atoms with E-state index in [2.05, 4.69) is 16.0 Å². The van der Waals surface area contributed by atoms with Crippen molar-refractivity contribution in [1.29, 1.82) is 0 Å². The first-order chi connectivity index (χ1) is 30.6. The highest BCUT2D eigenvalue weighted by molar-refractivity contribution is 7.88. The second kappa shape index (κ2) is 18.5. The number of ether oxygens (including phenoxy) is 1. The molecule has 8 rings (SSSR count). The number of nitrogens with one attached hydrogen (secondary N) is 3. The molecule has 0 bridgehead atoms. The Hall–Kier alpha value is -5.53. The first-order valence-electron chi connectivity index (χ1n) is 21.2. The van der Waals surface area contributed by atoms with Gasteiger partial charge in [0.1, 0.15) is 16.8 Å². The minimum Gasteiger partial charge on any atom is -0.479 e. The summed E-state index contributed by atoms with van der Waals surface area (Å²) in [6.45, 7) is 4.93. The number of nitrogens with zero attached hydrogens (tertiary/aromatic N) is 4. The average Bonchev–Trinajstić information content (AvgIpc) is 3.75. The van der Waals surface area contributed by atoms with Gasteiger partial charge in [-0.05, 0) is 93.5 Å². The molecule has 3 aliphatic heterocycles. The predicted molar refractivity (Wildman–Crippen MR) is 245 cm³/mol. The molecule has 5 aromatic rings. The number of imidazole rings is 1. The van der Waals surface area contributed by atoms with Crippen molar-refractivity contribution in [2.24, 2.45) is 0 Å². The van der Waals surface area contributed by atoms with Crippen LogP contribution in [-0.4, -0.2) is 99.9 Å². The molecule has 338 valence electrons. The molecule has 3 aromatic carbocycles. The lowest BCUT2D eigenvalue weighted by Gasteiger charge is -2.45. The number of rotatable bonds is 14. The number of aliphatic carboxylic acids is 1. The summed E-state index contributed by atoms with van der Waals surface area (Å²) < 4.78 is 38.1. The Kier molecular flexibility index (Phi) is 13.0. The Bertz CT molecular complexity index is 2780. The van der Waals surface area contributed by atoms with Crippen molar-refractivity contribution in [3.05, 3.63) is 99.2 Å². The highest BCUT2D eigenvalue weighted by atomic mass is 35.5. The predicted octanol–water partition coefficient (Wildman–Crippen LogP) is 6.09. The number of hydrogen-bond donors (Lipinski definition) is 4. The summed E-state index contributed by atoms with van der Waals surface area (Å²) in [5.74, 6) is -2.07. The molecule has 3 amide bonds. The number of piperidine rings is 3. The van der Waals surface area contributed by atoms with E-state index in [4.69, 9.17) is 21.4 Å². The highest BCUT2D eigenvalue weighted by Gasteiger charge is 2.42.